The van der Waals surface area contributed by atoms with Gasteiger partial charge in [-0.3, -0.25) is 9.79 Å². The van der Waals surface area contributed by atoms with Crippen LogP contribution < -0.4 is 10.6 Å². The molecule has 0 heterocycles. The van der Waals surface area contributed by atoms with Crippen LogP contribution in [0.3, 0.4) is 0 Å². The number of alkyl halides is 3. The van der Waals surface area contributed by atoms with Gasteiger partial charge in [0.2, 0.25) is 5.91 Å². The molecule has 1 fully saturated rings. The fourth-order valence-electron chi connectivity index (χ4n) is 3.18. The van der Waals surface area contributed by atoms with Crippen LogP contribution in [-0.4, -0.2) is 51.0 Å². The van der Waals surface area contributed by atoms with Gasteiger partial charge in [-0.05, 0) is 24.5 Å². The fraction of sp³-hybridized carbons (Fsp3) is 0.579. The molecule has 0 aliphatic heterocycles. The van der Waals surface area contributed by atoms with E-state index in [-0.39, 0.29) is 35.3 Å². The second kappa shape index (κ2) is 10.3. The Morgan fingerprint density at radius 3 is 2.43 bits per heavy atom. The summed E-state index contributed by atoms with van der Waals surface area (Å²) in [5.74, 6) is 0.553. The van der Waals surface area contributed by atoms with Crippen molar-refractivity contribution in [1.29, 1.82) is 0 Å². The molecule has 1 saturated carbocycles. The number of nitrogens with zero attached hydrogens (tertiary/aromatic N) is 2. The molecule has 1 aliphatic carbocycles. The Kier molecular flexibility index (Phi) is 9.03. The molecular formula is C19H28F3IN4O. The number of hydrogen-bond acceptors (Lipinski definition) is 2. The molecule has 2 rings (SSSR count). The van der Waals surface area contributed by atoms with E-state index in [2.05, 4.69) is 15.6 Å². The van der Waals surface area contributed by atoms with Crippen molar-refractivity contribution < 1.29 is 18.0 Å². The minimum Gasteiger partial charge on any atom is -0.356 e. The number of rotatable bonds is 6. The Balaban J connectivity index is 0.00000392. The van der Waals surface area contributed by atoms with Crippen molar-refractivity contribution in [1.82, 2.24) is 15.5 Å². The monoisotopic (exact) mass is 512 g/mol. The predicted molar refractivity (Wildman–Crippen MR) is 115 cm³/mol. The topological polar surface area (TPSA) is 56.7 Å². The lowest BCUT2D eigenvalue weighted by atomic mass is 9.64. The first-order chi connectivity index (χ1) is 12.7. The summed E-state index contributed by atoms with van der Waals surface area (Å²) in [7, 11) is 5.02. The first-order valence-corrected chi connectivity index (χ1v) is 9.00. The van der Waals surface area contributed by atoms with E-state index in [0.29, 0.717) is 31.0 Å². The number of amides is 1. The van der Waals surface area contributed by atoms with Crippen LogP contribution in [0.15, 0.2) is 29.3 Å². The SMILES string of the molecule is CN=C(NCCC(=O)N(C)C)NCC1(c2cccc(C(F)(F)F)c2)CCC1.I. The third kappa shape index (κ3) is 6.25. The number of carbonyl (C=O) groups is 1. The van der Waals surface area contributed by atoms with E-state index >= 15 is 0 Å². The molecule has 1 aromatic rings. The molecule has 1 amide bonds. The Morgan fingerprint density at radius 1 is 1.25 bits per heavy atom. The van der Waals surface area contributed by atoms with Crippen molar-refractivity contribution in [3.8, 4) is 0 Å². The van der Waals surface area contributed by atoms with Gasteiger partial charge in [-0.25, -0.2) is 0 Å². The maximum absolute atomic E-state index is 13.0. The minimum atomic E-state index is -4.34. The normalized spacial score (nSPS) is 15.9. The Labute approximate surface area is 181 Å². The quantitative estimate of drug-likeness (QED) is 0.349. The summed E-state index contributed by atoms with van der Waals surface area (Å²) in [6.07, 6.45) is -1.35. The summed E-state index contributed by atoms with van der Waals surface area (Å²) < 4.78 is 39.1. The average Bonchev–Trinajstić information content (AvgIpc) is 2.58. The number of hydrogen-bond donors (Lipinski definition) is 2. The molecule has 0 radical (unpaired) electrons. The Hall–Kier alpha value is -1.52. The molecule has 0 saturated heterocycles. The van der Waals surface area contributed by atoms with Crippen LogP contribution in [0.2, 0.25) is 0 Å². The van der Waals surface area contributed by atoms with Crippen molar-refractivity contribution in [3.63, 3.8) is 0 Å². The van der Waals surface area contributed by atoms with E-state index < -0.39 is 11.7 Å². The van der Waals surface area contributed by atoms with E-state index in [0.717, 1.165) is 25.3 Å². The Bertz CT molecular complexity index is 688. The van der Waals surface area contributed by atoms with Gasteiger partial charge < -0.3 is 15.5 Å². The minimum absolute atomic E-state index is 0. The number of benzene rings is 1. The van der Waals surface area contributed by atoms with Crippen molar-refractivity contribution in [2.75, 3.05) is 34.2 Å². The third-order valence-corrected chi connectivity index (χ3v) is 5.06. The zero-order chi connectivity index (χ0) is 20.1. The van der Waals surface area contributed by atoms with Gasteiger partial charge in [0.15, 0.2) is 5.96 Å². The van der Waals surface area contributed by atoms with E-state index in [1.54, 1.807) is 27.2 Å². The molecule has 9 heteroatoms. The lowest BCUT2D eigenvalue weighted by Crippen LogP contribution is -2.49. The highest BCUT2D eigenvalue weighted by atomic mass is 127. The van der Waals surface area contributed by atoms with Gasteiger partial charge in [0.05, 0.1) is 5.56 Å². The summed E-state index contributed by atoms with van der Waals surface area (Å²) in [6.45, 7) is 0.933. The van der Waals surface area contributed by atoms with Crippen molar-refractivity contribution in [3.05, 3.63) is 35.4 Å². The molecule has 28 heavy (non-hydrogen) atoms. The molecule has 1 aromatic carbocycles. The highest BCUT2D eigenvalue weighted by Crippen LogP contribution is 2.44. The molecule has 5 nitrogen and oxygen atoms in total. The van der Waals surface area contributed by atoms with Crippen LogP contribution in [-0.2, 0) is 16.4 Å². The first kappa shape index (κ1) is 24.5. The molecule has 158 valence electrons. The maximum Gasteiger partial charge on any atom is 0.416 e. The number of halogens is 4. The van der Waals surface area contributed by atoms with Gasteiger partial charge in [-0.2, -0.15) is 13.2 Å². The summed E-state index contributed by atoms with van der Waals surface area (Å²) in [6, 6.07) is 5.60. The molecule has 0 atom stereocenters. The fourth-order valence-corrected chi connectivity index (χ4v) is 3.18. The zero-order valence-corrected chi connectivity index (χ0v) is 18.7. The number of nitrogens with one attached hydrogen (secondary N) is 2. The molecule has 1 aliphatic rings. The second-order valence-electron chi connectivity index (χ2n) is 7.10. The lowest BCUT2D eigenvalue weighted by Gasteiger charge is -2.43. The standard InChI is InChI=1S/C19H27F3N4O.HI/c1-23-17(24-11-8-16(27)26(2)3)25-13-18(9-5-10-18)14-6-4-7-15(12-14)19(20,21)22;/h4,6-7,12H,5,8-11,13H2,1-3H3,(H2,23,24,25);1H. The van der Waals surface area contributed by atoms with E-state index in [1.165, 1.54) is 17.0 Å². The first-order valence-electron chi connectivity index (χ1n) is 9.00. The Morgan fingerprint density at radius 2 is 1.93 bits per heavy atom. The summed E-state index contributed by atoms with van der Waals surface area (Å²) >= 11 is 0. The van der Waals surface area contributed by atoms with Crippen LogP contribution in [0, 0.1) is 0 Å². The number of aliphatic imine (C=N–C) groups is 1. The van der Waals surface area contributed by atoms with Crippen LogP contribution in [0.4, 0.5) is 13.2 Å². The molecule has 2 N–H and O–H groups in total. The van der Waals surface area contributed by atoms with Crippen LogP contribution in [0.25, 0.3) is 0 Å². The van der Waals surface area contributed by atoms with Gasteiger partial charge in [0.1, 0.15) is 0 Å². The second-order valence-corrected chi connectivity index (χ2v) is 7.10. The predicted octanol–water partition coefficient (Wildman–Crippen LogP) is 3.39. The highest BCUT2D eigenvalue weighted by Gasteiger charge is 2.40. The van der Waals surface area contributed by atoms with Gasteiger partial charge in [-0.1, -0.05) is 24.6 Å². The zero-order valence-electron chi connectivity index (χ0n) is 16.4. The van der Waals surface area contributed by atoms with Crippen LogP contribution in [0.1, 0.15) is 36.8 Å². The lowest BCUT2D eigenvalue weighted by molar-refractivity contribution is -0.137. The van der Waals surface area contributed by atoms with Crippen molar-refractivity contribution >= 4 is 35.8 Å². The van der Waals surface area contributed by atoms with Gasteiger partial charge in [0, 0.05) is 46.1 Å². The maximum atomic E-state index is 13.0. The highest BCUT2D eigenvalue weighted by molar-refractivity contribution is 14.0. The van der Waals surface area contributed by atoms with Gasteiger partial charge >= 0.3 is 6.18 Å². The van der Waals surface area contributed by atoms with E-state index in [1.807, 2.05) is 0 Å². The molecule has 0 unspecified atom stereocenters. The molecular weight excluding hydrogens is 484 g/mol. The van der Waals surface area contributed by atoms with Crippen molar-refractivity contribution in [2.45, 2.75) is 37.3 Å². The van der Waals surface area contributed by atoms with Gasteiger partial charge in [0.25, 0.3) is 0 Å². The van der Waals surface area contributed by atoms with E-state index in [4.69, 9.17) is 0 Å². The summed E-state index contributed by atoms with van der Waals surface area (Å²) in [5.41, 5.74) is -0.233. The molecule has 0 aromatic heterocycles. The number of guanidine groups is 1. The van der Waals surface area contributed by atoms with Gasteiger partial charge in [-0.15, -0.1) is 24.0 Å². The molecule has 0 bridgehead atoms. The summed E-state index contributed by atoms with van der Waals surface area (Å²) in [4.78, 5) is 17.3. The third-order valence-electron chi connectivity index (χ3n) is 5.06. The molecule has 0 spiro atoms. The average molecular weight is 512 g/mol. The van der Waals surface area contributed by atoms with Crippen LogP contribution >= 0.6 is 24.0 Å². The van der Waals surface area contributed by atoms with E-state index in [9.17, 15) is 18.0 Å². The van der Waals surface area contributed by atoms with Crippen LogP contribution in [0.5, 0.6) is 0 Å². The largest absolute Gasteiger partial charge is 0.416 e. The summed E-state index contributed by atoms with van der Waals surface area (Å²) in [5, 5.41) is 6.28. The number of carbonyl (C=O) groups excluding carboxylic acids is 1. The smallest absolute Gasteiger partial charge is 0.356 e. The van der Waals surface area contributed by atoms with Crippen molar-refractivity contribution in [2.24, 2.45) is 4.99 Å².